The smallest absolute Gasteiger partial charge is 0.189 e. The predicted octanol–water partition coefficient (Wildman–Crippen LogP) is 1.27. The Morgan fingerprint density at radius 2 is 2.43 bits per heavy atom. The number of thioether (sulfide) groups is 1. The Balaban J connectivity index is 2.21. The van der Waals surface area contributed by atoms with E-state index in [9.17, 15) is 0 Å². The van der Waals surface area contributed by atoms with Crippen molar-refractivity contribution < 1.29 is 5.11 Å². The molecule has 0 aliphatic heterocycles. The van der Waals surface area contributed by atoms with Crippen LogP contribution >= 0.6 is 11.8 Å². The van der Waals surface area contributed by atoms with Gasteiger partial charge in [0.05, 0.1) is 6.61 Å². The van der Waals surface area contributed by atoms with Crippen LogP contribution in [0, 0.1) is 0 Å². The summed E-state index contributed by atoms with van der Waals surface area (Å²) >= 11 is 1.51. The molecule has 76 valence electrons. The van der Waals surface area contributed by atoms with E-state index in [4.69, 9.17) is 5.11 Å². The van der Waals surface area contributed by atoms with Crippen LogP contribution in [-0.4, -0.2) is 27.4 Å². The molecule has 1 aromatic rings. The largest absolute Gasteiger partial charge is 0.391 e. The van der Waals surface area contributed by atoms with Crippen molar-refractivity contribution in [2.75, 3.05) is 11.6 Å². The highest BCUT2D eigenvalue weighted by atomic mass is 32.2. The molecule has 1 saturated carbocycles. The molecule has 0 atom stereocenters. The maximum Gasteiger partial charge on any atom is 0.189 e. The number of nitrogens with one attached hydrogen (secondary N) is 1. The summed E-state index contributed by atoms with van der Waals surface area (Å²) in [5.74, 6) is 0.786. The SMILES string of the molecule is CSc1ncc(CO)c(NC2CC2)n1. The van der Waals surface area contributed by atoms with Crippen LogP contribution in [0.4, 0.5) is 5.82 Å². The van der Waals surface area contributed by atoms with Gasteiger partial charge in [-0.1, -0.05) is 11.8 Å². The van der Waals surface area contributed by atoms with Gasteiger partial charge in [0.15, 0.2) is 5.16 Å². The van der Waals surface area contributed by atoms with E-state index in [0.29, 0.717) is 6.04 Å². The first-order valence-corrected chi connectivity index (χ1v) is 5.83. The Hall–Kier alpha value is -0.810. The van der Waals surface area contributed by atoms with Gasteiger partial charge in [0.2, 0.25) is 0 Å². The number of hydrogen-bond acceptors (Lipinski definition) is 5. The molecule has 0 aromatic carbocycles. The molecular weight excluding hydrogens is 198 g/mol. The lowest BCUT2D eigenvalue weighted by molar-refractivity contribution is 0.281. The minimum Gasteiger partial charge on any atom is -0.391 e. The van der Waals surface area contributed by atoms with Crippen LogP contribution in [0.3, 0.4) is 0 Å². The maximum absolute atomic E-state index is 9.09. The van der Waals surface area contributed by atoms with Crippen molar-refractivity contribution in [3.05, 3.63) is 11.8 Å². The summed E-state index contributed by atoms with van der Waals surface area (Å²) in [7, 11) is 0. The van der Waals surface area contributed by atoms with Crippen molar-refractivity contribution in [1.29, 1.82) is 0 Å². The third kappa shape index (κ3) is 2.16. The van der Waals surface area contributed by atoms with Gasteiger partial charge in [-0.05, 0) is 19.1 Å². The topological polar surface area (TPSA) is 58.0 Å². The Kier molecular flexibility index (Phi) is 2.88. The first-order valence-electron chi connectivity index (χ1n) is 4.61. The Morgan fingerprint density at radius 3 is 3.00 bits per heavy atom. The second-order valence-corrected chi connectivity index (χ2v) is 4.08. The molecule has 14 heavy (non-hydrogen) atoms. The van der Waals surface area contributed by atoms with Gasteiger partial charge in [0.25, 0.3) is 0 Å². The zero-order valence-electron chi connectivity index (χ0n) is 8.03. The summed E-state index contributed by atoms with van der Waals surface area (Å²) in [4.78, 5) is 8.43. The molecule has 0 radical (unpaired) electrons. The van der Waals surface area contributed by atoms with Gasteiger partial charge in [0, 0.05) is 17.8 Å². The van der Waals surface area contributed by atoms with Gasteiger partial charge in [-0.25, -0.2) is 9.97 Å². The zero-order valence-corrected chi connectivity index (χ0v) is 8.84. The zero-order chi connectivity index (χ0) is 9.97. The summed E-state index contributed by atoms with van der Waals surface area (Å²) in [6, 6.07) is 0.546. The maximum atomic E-state index is 9.09. The Labute approximate surface area is 87.2 Å². The number of aliphatic hydroxyl groups excluding tert-OH is 1. The number of nitrogens with zero attached hydrogens (tertiary/aromatic N) is 2. The molecule has 0 amide bonds. The number of aliphatic hydroxyl groups is 1. The predicted molar refractivity (Wildman–Crippen MR) is 56.4 cm³/mol. The van der Waals surface area contributed by atoms with Crippen LogP contribution in [0.5, 0.6) is 0 Å². The van der Waals surface area contributed by atoms with E-state index in [2.05, 4.69) is 15.3 Å². The average molecular weight is 211 g/mol. The first-order chi connectivity index (χ1) is 6.83. The molecule has 1 fully saturated rings. The average Bonchev–Trinajstić information content (AvgIpc) is 3.01. The van der Waals surface area contributed by atoms with Crippen LogP contribution in [0.25, 0.3) is 0 Å². The Morgan fingerprint density at radius 1 is 1.64 bits per heavy atom. The summed E-state index contributed by atoms with van der Waals surface area (Å²) < 4.78 is 0. The number of aromatic nitrogens is 2. The van der Waals surface area contributed by atoms with Crippen molar-refractivity contribution >= 4 is 17.6 Å². The monoisotopic (exact) mass is 211 g/mol. The summed E-state index contributed by atoms with van der Waals surface area (Å²) in [5, 5.41) is 13.1. The van der Waals surface area contributed by atoms with E-state index in [1.54, 1.807) is 6.20 Å². The van der Waals surface area contributed by atoms with Gasteiger partial charge >= 0.3 is 0 Å². The molecule has 1 aromatic heterocycles. The highest BCUT2D eigenvalue weighted by Gasteiger charge is 2.22. The van der Waals surface area contributed by atoms with E-state index < -0.39 is 0 Å². The highest BCUT2D eigenvalue weighted by molar-refractivity contribution is 7.98. The molecule has 2 rings (SSSR count). The van der Waals surface area contributed by atoms with Crippen LogP contribution in [0.15, 0.2) is 11.4 Å². The van der Waals surface area contributed by atoms with Crippen molar-refractivity contribution in [3.8, 4) is 0 Å². The molecule has 2 N–H and O–H groups in total. The summed E-state index contributed by atoms with van der Waals surface area (Å²) in [5.41, 5.74) is 0.773. The Bertz CT molecular complexity index is 328. The van der Waals surface area contributed by atoms with Crippen molar-refractivity contribution in [1.82, 2.24) is 9.97 Å². The van der Waals surface area contributed by atoms with Crippen LogP contribution in [0.2, 0.25) is 0 Å². The minimum atomic E-state index is -0.0102. The molecule has 1 heterocycles. The number of hydrogen-bond donors (Lipinski definition) is 2. The lowest BCUT2D eigenvalue weighted by Crippen LogP contribution is -2.07. The second-order valence-electron chi connectivity index (χ2n) is 3.31. The lowest BCUT2D eigenvalue weighted by Gasteiger charge is -2.08. The molecule has 1 aliphatic carbocycles. The normalized spacial score (nSPS) is 15.6. The van der Waals surface area contributed by atoms with Gasteiger partial charge in [-0.2, -0.15) is 0 Å². The minimum absolute atomic E-state index is 0.0102. The fourth-order valence-electron chi connectivity index (χ4n) is 1.15. The summed E-state index contributed by atoms with van der Waals surface area (Å²) in [6.45, 7) is -0.0102. The van der Waals surface area contributed by atoms with Gasteiger partial charge in [0.1, 0.15) is 5.82 Å². The van der Waals surface area contributed by atoms with Gasteiger partial charge < -0.3 is 10.4 Å². The molecule has 1 aliphatic rings. The quantitative estimate of drug-likeness (QED) is 0.580. The van der Waals surface area contributed by atoms with E-state index in [-0.39, 0.29) is 6.61 Å². The second kappa shape index (κ2) is 4.14. The van der Waals surface area contributed by atoms with E-state index in [1.807, 2.05) is 6.26 Å². The van der Waals surface area contributed by atoms with Crippen molar-refractivity contribution in [3.63, 3.8) is 0 Å². The van der Waals surface area contributed by atoms with Crippen molar-refractivity contribution in [2.24, 2.45) is 0 Å². The molecular formula is C9H13N3OS. The molecule has 0 saturated heterocycles. The van der Waals surface area contributed by atoms with Gasteiger partial charge in [-0.3, -0.25) is 0 Å². The van der Waals surface area contributed by atoms with Gasteiger partial charge in [-0.15, -0.1) is 0 Å². The summed E-state index contributed by atoms with van der Waals surface area (Å²) in [6.07, 6.45) is 6.02. The van der Waals surface area contributed by atoms with Crippen LogP contribution < -0.4 is 5.32 Å². The van der Waals surface area contributed by atoms with Crippen molar-refractivity contribution in [2.45, 2.75) is 30.6 Å². The third-order valence-corrected chi connectivity index (χ3v) is 2.68. The molecule has 0 spiro atoms. The molecule has 5 heteroatoms. The first kappa shape index (κ1) is 9.73. The van der Waals surface area contributed by atoms with E-state index in [0.717, 1.165) is 16.5 Å². The highest BCUT2D eigenvalue weighted by Crippen LogP contribution is 2.26. The van der Waals surface area contributed by atoms with E-state index >= 15 is 0 Å². The molecule has 4 nitrogen and oxygen atoms in total. The standard InChI is InChI=1S/C9H13N3OS/c1-14-9-10-4-6(5-13)8(12-9)11-7-2-3-7/h4,7,13H,2-3,5H2,1H3,(H,10,11,12). The fraction of sp³-hybridized carbons (Fsp3) is 0.556. The van der Waals surface area contributed by atoms with E-state index in [1.165, 1.54) is 24.6 Å². The number of anilines is 1. The number of rotatable bonds is 4. The molecule has 0 bridgehead atoms. The fourth-order valence-corrected chi connectivity index (χ4v) is 1.49. The lowest BCUT2D eigenvalue weighted by atomic mass is 10.3. The molecule has 0 unspecified atom stereocenters. The van der Waals surface area contributed by atoms with Crippen LogP contribution in [-0.2, 0) is 6.61 Å². The van der Waals surface area contributed by atoms with Crippen LogP contribution in [0.1, 0.15) is 18.4 Å². The third-order valence-electron chi connectivity index (χ3n) is 2.11.